The van der Waals surface area contributed by atoms with Gasteiger partial charge in [0.1, 0.15) is 11.6 Å². The Balaban J connectivity index is 1.63. The first-order chi connectivity index (χ1) is 10.5. The third-order valence-corrected chi connectivity index (χ3v) is 4.10. The van der Waals surface area contributed by atoms with Crippen molar-refractivity contribution in [1.82, 2.24) is 14.9 Å². The molecule has 1 amide bonds. The van der Waals surface area contributed by atoms with Crippen molar-refractivity contribution in [3.8, 4) is 0 Å². The molecule has 1 fully saturated rings. The molecule has 22 heavy (non-hydrogen) atoms. The predicted molar refractivity (Wildman–Crippen MR) is 80.7 cm³/mol. The van der Waals surface area contributed by atoms with Gasteiger partial charge in [0.15, 0.2) is 0 Å². The molecule has 0 aliphatic heterocycles. The molecule has 0 saturated heterocycles. The highest BCUT2D eigenvalue weighted by molar-refractivity contribution is 5.90. The second-order valence-electron chi connectivity index (χ2n) is 5.93. The summed E-state index contributed by atoms with van der Waals surface area (Å²) >= 11 is 0. The number of carbonyl (C=O) groups excluding carboxylic acids is 1. The molecule has 118 valence electrons. The van der Waals surface area contributed by atoms with Crippen LogP contribution in [0, 0.1) is 12.8 Å². The molecule has 2 heterocycles. The van der Waals surface area contributed by atoms with Crippen molar-refractivity contribution in [2.24, 2.45) is 5.92 Å². The molecule has 2 N–H and O–H groups in total. The Kier molecular flexibility index (Phi) is 3.87. The number of aryl methyl sites for hydroxylation is 2. The van der Waals surface area contributed by atoms with E-state index in [9.17, 15) is 9.59 Å². The maximum Gasteiger partial charge on any atom is 0.280 e. The van der Waals surface area contributed by atoms with E-state index in [1.807, 2.05) is 11.6 Å². The molecule has 0 spiro atoms. The first kappa shape index (κ1) is 14.6. The summed E-state index contributed by atoms with van der Waals surface area (Å²) in [5.41, 5.74) is 0.664. The lowest BCUT2D eigenvalue weighted by Crippen LogP contribution is -2.19. The molecular formula is C15H20N4O3. The maximum absolute atomic E-state index is 12.1. The highest BCUT2D eigenvalue weighted by Gasteiger charge is 2.31. The minimum atomic E-state index is -0.289. The number of hydrogen-bond acceptors (Lipinski definition) is 4. The zero-order valence-electron chi connectivity index (χ0n) is 12.8. The van der Waals surface area contributed by atoms with Crippen molar-refractivity contribution in [2.75, 3.05) is 5.32 Å². The highest BCUT2D eigenvalue weighted by Crippen LogP contribution is 2.40. The van der Waals surface area contributed by atoms with Gasteiger partial charge in [-0.2, -0.15) is 10.3 Å². The molecule has 0 bridgehead atoms. The first-order valence-corrected chi connectivity index (χ1v) is 7.56. The molecule has 3 rings (SSSR count). The number of nitrogens with one attached hydrogen (secondary N) is 2. The van der Waals surface area contributed by atoms with E-state index in [1.54, 1.807) is 6.20 Å². The Morgan fingerprint density at radius 1 is 1.59 bits per heavy atom. The molecule has 0 aromatic carbocycles. The number of rotatable bonds is 6. The van der Waals surface area contributed by atoms with Crippen LogP contribution >= 0.6 is 0 Å². The van der Waals surface area contributed by atoms with E-state index in [0.717, 1.165) is 11.4 Å². The fraction of sp³-hybridized carbons (Fsp3) is 0.533. The van der Waals surface area contributed by atoms with E-state index in [0.29, 0.717) is 24.1 Å². The van der Waals surface area contributed by atoms with Crippen molar-refractivity contribution in [3.63, 3.8) is 0 Å². The minimum absolute atomic E-state index is 0.114. The Morgan fingerprint density at radius 2 is 2.36 bits per heavy atom. The van der Waals surface area contributed by atoms with Gasteiger partial charge in [0.25, 0.3) is 5.56 Å². The molecule has 1 aliphatic carbocycles. The lowest BCUT2D eigenvalue weighted by molar-refractivity contribution is -0.116. The molecule has 0 radical (unpaired) electrons. The molecule has 1 atom stereocenters. The Bertz CT molecular complexity index is 723. The molecule has 2 aromatic heterocycles. The van der Waals surface area contributed by atoms with Crippen molar-refractivity contribution in [1.29, 1.82) is 0 Å². The van der Waals surface area contributed by atoms with Gasteiger partial charge in [-0.05, 0) is 32.6 Å². The van der Waals surface area contributed by atoms with Crippen molar-refractivity contribution < 1.29 is 9.32 Å². The number of carbonyl (C=O) groups is 1. The van der Waals surface area contributed by atoms with E-state index < -0.39 is 0 Å². The number of hydrogen-bond donors (Lipinski definition) is 2. The normalized spacial score (nSPS) is 15.7. The zero-order valence-corrected chi connectivity index (χ0v) is 12.8. The van der Waals surface area contributed by atoms with Crippen LogP contribution in [-0.2, 0) is 11.2 Å². The van der Waals surface area contributed by atoms with E-state index in [-0.39, 0.29) is 17.9 Å². The van der Waals surface area contributed by atoms with Crippen molar-refractivity contribution in [2.45, 2.75) is 45.6 Å². The van der Waals surface area contributed by atoms with Gasteiger partial charge in [0, 0.05) is 24.5 Å². The second-order valence-corrected chi connectivity index (χ2v) is 5.93. The number of H-pyrrole nitrogens is 1. The lowest BCUT2D eigenvalue weighted by atomic mass is 10.2. The quantitative estimate of drug-likeness (QED) is 0.853. The van der Waals surface area contributed by atoms with Crippen LogP contribution in [0.3, 0.4) is 0 Å². The fourth-order valence-corrected chi connectivity index (χ4v) is 2.57. The number of aromatic nitrogens is 3. The summed E-state index contributed by atoms with van der Waals surface area (Å²) in [7, 11) is 0. The Labute approximate surface area is 127 Å². The summed E-state index contributed by atoms with van der Waals surface area (Å²) in [6.07, 6.45) is 4.86. The van der Waals surface area contributed by atoms with Gasteiger partial charge in [-0.15, -0.1) is 0 Å². The van der Waals surface area contributed by atoms with Crippen LogP contribution < -0.4 is 10.9 Å². The molecule has 1 saturated carbocycles. The summed E-state index contributed by atoms with van der Waals surface area (Å²) < 4.78 is 6.84. The van der Waals surface area contributed by atoms with Crippen LogP contribution in [-0.4, -0.2) is 20.8 Å². The number of nitrogens with zero attached hydrogens (tertiary/aromatic N) is 2. The summed E-state index contributed by atoms with van der Waals surface area (Å²) in [4.78, 5) is 23.1. The van der Waals surface area contributed by atoms with Gasteiger partial charge in [-0.25, -0.2) is 4.68 Å². The Morgan fingerprint density at radius 3 is 3.00 bits per heavy atom. The number of anilines is 1. The van der Waals surface area contributed by atoms with Crippen LogP contribution in [0.4, 0.5) is 5.82 Å². The smallest absolute Gasteiger partial charge is 0.280 e. The maximum atomic E-state index is 12.1. The largest absolute Gasteiger partial charge is 0.384 e. The lowest BCUT2D eigenvalue weighted by Gasteiger charge is -2.16. The first-order valence-electron chi connectivity index (χ1n) is 7.56. The summed E-state index contributed by atoms with van der Waals surface area (Å²) in [5.74, 6) is 1.79. The molecule has 2 aromatic rings. The van der Waals surface area contributed by atoms with Crippen molar-refractivity contribution in [3.05, 3.63) is 33.9 Å². The van der Waals surface area contributed by atoms with Crippen LogP contribution in [0.1, 0.15) is 43.6 Å². The molecule has 7 heteroatoms. The summed E-state index contributed by atoms with van der Waals surface area (Å²) in [6.45, 7) is 4.07. The summed E-state index contributed by atoms with van der Waals surface area (Å²) in [6, 6.07) is 1.66. The topological polar surface area (TPSA) is 92.9 Å². The number of aromatic amines is 1. The second kappa shape index (κ2) is 5.82. The highest BCUT2D eigenvalue weighted by atomic mass is 16.5. The van der Waals surface area contributed by atoms with E-state index in [1.165, 1.54) is 18.9 Å². The van der Waals surface area contributed by atoms with Gasteiger partial charge in [-0.3, -0.25) is 9.59 Å². The van der Waals surface area contributed by atoms with E-state index in [4.69, 9.17) is 4.52 Å². The van der Waals surface area contributed by atoms with Crippen molar-refractivity contribution >= 4 is 11.7 Å². The average Bonchev–Trinajstić information content (AvgIpc) is 3.17. The standard InChI is InChI=1S/C15H20N4O3/c1-9-8-16-19(10(2)11-3-4-11)15(9)17-13(20)6-5-12-7-14(21)18-22-12/h7-8,10-11H,3-6H2,1-2H3,(H,17,20)(H,18,21)/t10-/m0/s1. The third-order valence-electron chi connectivity index (χ3n) is 4.10. The zero-order chi connectivity index (χ0) is 15.7. The van der Waals surface area contributed by atoms with E-state index >= 15 is 0 Å². The molecular weight excluding hydrogens is 284 g/mol. The van der Waals surface area contributed by atoms with Gasteiger partial charge >= 0.3 is 0 Å². The van der Waals surface area contributed by atoms with E-state index in [2.05, 4.69) is 22.5 Å². The minimum Gasteiger partial charge on any atom is -0.384 e. The van der Waals surface area contributed by atoms with Crippen LogP contribution in [0.5, 0.6) is 0 Å². The molecule has 0 unspecified atom stereocenters. The van der Waals surface area contributed by atoms with Crippen LogP contribution in [0.15, 0.2) is 21.6 Å². The fourth-order valence-electron chi connectivity index (χ4n) is 2.57. The number of amides is 1. The average molecular weight is 304 g/mol. The summed E-state index contributed by atoms with van der Waals surface area (Å²) in [5, 5.41) is 9.53. The van der Waals surface area contributed by atoms with Gasteiger partial charge in [0.05, 0.1) is 12.2 Å². The van der Waals surface area contributed by atoms with Crippen LogP contribution in [0.25, 0.3) is 0 Å². The monoisotopic (exact) mass is 304 g/mol. The van der Waals surface area contributed by atoms with Gasteiger partial charge in [-0.1, -0.05) is 0 Å². The Hall–Kier alpha value is -2.31. The van der Waals surface area contributed by atoms with Crippen LogP contribution in [0.2, 0.25) is 0 Å². The van der Waals surface area contributed by atoms with Gasteiger partial charge < -0.3 is 9.84 Å². The predicted octanol–water partition coefficient (Wildman–Crippen LogP) is 2.02. The molecule has 7 nitrogen and oxygen atoms in total. The molecule has 1 aliphatic rings. The SMILES string of the molecule is Cc1cnn([C@@H](C)C2CC2)c1NC(=O)CCc1cc(=O)[nH]o1. The van der Waals surface area contributed by atoms with Gasteiger partial charge in [0.2, 0.25) is 5.91 Å². The third kappa shape index (κ3) is 3.13.